The van der Waals surface area contributed by atoms with Gasteiger partial charge in [0, 0.05) is 18.4 Å². The SMILES string of the molecule is CC1CC1c1noc(CC(N)C2CCCC2)n1. The minimum absolute atomic E-state index is 0.197. The van der Waals surface area contributed by atoms with Crippen molar-refractivity contribution in [3.8, 4) is 0 Å². The summed E-state index contributed by atoms with van der Waals surface area (Å²) in [4.78, 5) is 4.48. The maximum Gasteiger partial charge on any atom is 0.228 e. The summed E-state index contributed by atoms with van der Waals surface area (Å²) in [6, 6.07) is 0.197. The van der Waals surface area contributed by atoms with Gasteiger partial charge in [-0.15, -0.1) is 0 Å². The molecule has 2 aliphatic carbocycles. The van der Waals surface area contributed by atoms with E-state index in [0.29, 0.717) is 11.8 Å². The summed E-state index contributed by atoms with van der Waals surface area (Å²) in [5.41, 5.74) is 6.21. The van der Waals surface area contributed by atoms with Gasteiger partial charge >= 0.3 is 0 Å². The van der Waals surface area contributed by atoms with Crippen molar-refractivity contribution in [2.24, 2.45) is 17.6 Å². The van der Waals surface area contributed by atoms with Gasteiger partial charge in [0.2, 0.25) is 5.89 Å². The Kier molecular flexibility index (Phi) is 2.90. The molecule has 0 spiro atoms. The van der Waals surface area contributed by atoms with Crippen LogP contribution in [0.15, 0.2) is 4.52 Å². The fourth-order valence-electron chi connectivity index (χ4n) is 2.94. The van der Waals surface area contributed by atoms with Crippen LogP contribution in [-0.4, -0.2) is 16.2 Å². The van der Waals surface area contributed by atoms with Crippen molar-refractivity contribution in [1.29, 1.82) is 0 Å². The summed E-state index contributed by atoms with van der Waals surface area (Å²) in [5, 5.41) is 4.07. The highest BCUT2D eigenvalue weighted by Gasteiger charge is 2.38. The molecular formula is C13H21N3O. The molecule has 1 aromatic rings. The minimum atomic E-state index is 0.197. The van der Waals surface area contributed by atoms with Crippen molar-refractivity contribution in [1.82, 2.24) is 10.1 Å². The third-order valence-corrected chi connectivity index (χ3v) is 4.34. The zero-order chi connectivity index (χ0) is 11.8. The van der Waals surface area contributed by atoms with E-state index in [1.54, 1.807) is 0 Å². The zero-order valence-corrected chi connectivity index (χ0v) is 10.4. The Balaban J connectivity index is 1.58. The molecule has 0 radical (unpaired) electrons. The predicted octanol–water partition coefficient (Wildman–Crippen LogP) is 2.25. The number of rotatable bonds is 4. The Morgan fingerprint density at radius 3 is 2.76 bits per heavy atom. The van der Waals surface area contributed by atoms with Crippen LogP contribution in [0.1, 0.15) is 56.7 Å². The van der Waals surface area contributed by atoms with Gasteiger partial charge in [-0.3, -0.25) is 0 Å². The largest absolute Gasteiger partial charge is 0.339 e. The fraction of sp³-hybridized carbons (Fsp3) is 0.846. The van der Waals surface area contributed by atoms with E-state index in [9.17, 15) is 0 Å². The first-order chi connectivity index (χ1) is 8.24. The molecule has 0 aliphatic heterocycles. The summed E-state index contributed by atoms with van der Waals surface area (Å²) in [6.07, 6.45) is 7.14. The molecule has 3 unspecified atom stereocenters. The van der Waals surface area contributed by atoms with Crippen LogP contribution in [0.25, 0.3) is 0 Å². The molecule has 94 valence electrons. The molecule has 0 bridgehead atoms. The van der Waals surface area contributed by atoms with Crippen molar-refractivity contribution in [3.63, 3.8) is 0 Å². The quantitative estimate of drug-likeness (QED) is 0.869. The molecule has 1 heterocycles. The highest BCUT2D eigenvalue weighted by atomic mass is 16.5. The van der Waals surface area contributed by atoms with Crippen LogP contribution in [0.3, 0.4) is 0 Å². The summed E-state index contributed by atoms with van der Waals surface area (Å²) in [6.45, 7) is 2.23. The minimum Gasteiger partial charge on any atom is -0.339 e. The molecule has 0 saturated heterocycles. The van der Waals surface area contributed by atoms with Gasteiger partial charge in [0.25, 0.3) is 0 Å². The van der Waals surface area contributed by atoms with E-state index in [4.69, 9.17) is 10.3 Å². The van der Waals surface area contributed by atoms with Crippen molar-refractivity contribution in [2.45, 2.75) is 57.4 Å². The zero-order valence-electron chi connectivity index (χ0n) is 10.4. The highest BCUT2D eigenvalue weighted by Crippen LogP contribution is 2.45. The maximum atomic E-state index is 6.21. The second-order valence-corrected chi connectivity index (χ2v) is 5.78. The predicted molar refractivity (Wildman–Crippen MR) is 64.5 cm³/mol. The lowest BCUT2D eigenvalue weighted by atomic mass is 9.96. The summed E-state index contributed by atoms with van der Waals surface area (Å²) in [7, 11) is 0. The van der Waals surface area contributed by atoms with Crippen LogP contribution in [0.4, 0.5) is 0 Å². The topological polar surface area (TPSA) is 64.9 Å². The third-order valence-electron chi connectivity index (χ3n) is 4.34. The Bertz CT molecular complexity index is 384. The normalized spacial score (nSPS) is 30.7. The molecule has 0 aromatic carbocycles. The number of hydrogen-bond donors (Lipinski definition) is 1. The summed E-state index contributed by atoms with van der Waals surface area (Å²) in [5.74, 6) is 3.55. The molecule has 17 heavy (non-hydrogen) atoms. The van der Waals surface area contributed by atoms with Crippen molar-refractivity contribution >= 4 is 0 Å². The van der Waals surface area contributed by atoms with E-state index in [1.807, 2.05) is 0 Å². The van der Waals surface area contributed by atoms with Crippen LogP contribution in [0, 0.1) is 11.8 Å². The molecule has 2 aliphatic rings. The van der Waals surface area contributed by atoms with Crippen LogP contribution in [0.2, 0.25) is 0 Å². The molecule has 3 rings (SSSR count). The van der Waals surface area contributed by atoms with E-state index >= 15 is 0 Å². The summed E-state index contributed by atoms with van der Waals surface area (Å²) < 4.78 is 5.30. The molecule has 3 atom stereocenters. The van der Waals surface area contributed by atoms with E-state index in [2.05, 4.69) is 17.1 Å². The highest BCUT2D eigenvalue weighted by molar-refractivity contribution is 5.07. The van der Waals surface area contributed by atoms with Gasteiger partial charge in [-0.2, -0.15) is 4.98 Å². The second-order valence-electron chi connectivity index (χ2n) is 5.78. The molecule has 0 amide bonds. The van der Waals surface area contributed by atoms with Crippen LogP contribution >= 0.6 is 0 Å². The van der Waals surface area contributed by atoms with E-state index in [1.165, 1.54) is 32.1 Å². The molecule has 1 aromatic heterocycles. The lowest BCUT2D eigenvalue weighted by Gasteiger charge is -2.16. The van der Waals surface area contributed by atoms with E-state index in [0.717, 1.165) is 24.1 Å². The first-order valence-electron chi connectivity index (χ1n) is 6.82. The molecule has 2 N–H and O–H groups in total. The molecule has 2 fully saturated rings. The lowest BCUT2D eigenvalue weighted by Crippen LogP contribution is -2.30. The Morgan fingerprint density at radius 1 is 1.41 bits per heavy atom. The van der Waals surface area contributed by atoms with Crippen molar-refractivity contribution in [3.05, 3.63) is 11.7 Å². The standard InChI is InChI=1S/C13H21N3O/c1-8-6-10(8)13-15-12(17-16-13)7-11(14)9-4-2-3-5-9/h8-11H,2-7,14H2,1H3. The molecule has 4 nitrogen and oxygen atoms in total. The van der Waals surface area contributed by atoms with Crippen molar-refractivity contribution < 1.29 is 4.52 Å². The Morgan fingerprint density at radius 2 is 2.12 bits per heavy atom. The van der Waals surface area contributed by atoms with Crippen LogP contribution in [-0.2, 0) is 6.42 Å². The number of nitrogens with zero attached hydrogens (tertiary/aromatic N) is 2. The summed E-state index contributed by atoms with van der Waals surface area (Å²) >= 11 is 0. The van der Waals surface area contributed by atoms with Gasteiger partial charge in [0.15, 0.2) is 5.82 Å². The number of nitrogens with two attached hydrogens (primary N) is 1. The maximum absolute atomic E-state index is 6.21. The van der Waals surface area contributed by atoms with Gasteiger partial charge in [0.05, 0.1) is 0 Å². The lowest BCUT2D eigenvalue weighted by molar-refractivity contribution is 0.338. The Labute approximate surface area is 102 Å². The van der Waals surface area contributed by atoms with Gasteiger partial charge in [-0.05, 0) is 31.1 Å². The monoisotopic (exact) mass is 235 g/mol. The fourth-order valence-corrected chi connectivity index (χ4v) is 2.94. The molecule has 4 heteroatoms. The smallest absolute Gasteiger partial charge is 0.228 e. The van der Waals surface area contributed by atoms with Gasteiger partial charge in [-0.1, -0.05) is 24.9 Å². The van der Waals surface area contributed by atoms with Crippen molar-refractivity contribution in [2.75, 3.05) is 0 Å². The number of hydrogen-bond acceptors (Lipinski definition) is 4. The average molecular weight is 235 g/mol. The van der Waals surface area contributed by atoms with E-state index < -0.39 is 0 Å². The van der Waals surface area contributed by atoms with Gasteiger partial charge in [-0.25, -0.2) is 0 Å². The number of aromatic nitrogens is 2. The van der Waals surface area contributed by atoms with Crippen LogP contribution < -0.4 is 5.73 Å². The second kappa shape index (κ2) is 4.41. The van der Waals surface area contributed by atoms with E-state index in [-0.39, 0.29) is 6.04 Å². The van der Waals surface area contributed by atoms with Gasteiger partial charge < -0.3 is 10.3 Å². The first kappa shape index (κ1) is 11.2. The molecular weight excluding hydrogens is 214 g/mol. The van der Waals surface area contributed by atoms with Gasteiger partial charge in [0.1, 0.15) is 0 Å². The molecule has 2 saturated carbocycles. The van der Waals surface area contributed by atoms with Crippen LogP contribution in [0.5, 0.6) is 0 Å². The third kappa shape index (κ3) is 2.37. The Hall–Kier alpha value is -0.900. The first-order valence-corrected chi connectivity index (χ1v) is 6.82. The average Bonchev–Trinajstić information content (AvgIpc) is 2.79.